The zero-order chi connectivity index (χ0) is 14.8. The first-order valence-electron chi connectivity index (χ1n) is 7.34. The largest absolute Gasteiger partial charge is 0.349 e. The minimum atomic E-state index is -0.121. The minimum Gasteiger partial charge on any atom is -0.349 e. The summed E-state index contributed by atoms with van der Waals surface area (Å²) in [5, 5.41) is 3.44. The van der Waals surface area contributed by atoms with Gasteiger partial charge in [0.2, 0.25) is 0 Å². The predicted octanol–water partition coefficient (Wildman–Crippen LogP) is 1.38. The molecule has 6 nitrogen and oxygen atoms in total. The number of halogens is 1. The van der Waals surface area contributed by atoms with Gasteiger partial charge in [0.1, 0.15) is 0 Å². The molecule has 7 heteroatoms. The molecule has 2 saturated heterocycles. The molecule has 4 N–H and O–H groups in total. The van der Waals surface area contributed by atoms with Gasteiger partial charge in [-0.15, -0.1) is 0 Å². The lowest BCUT2D eigenvalue weighted by molar-refractivity contribution is 0.0896. The molecule has 2 atom stereocenters. The van der Waals surface area contributed by atoms with E-state index in [-0.39, 0.29) is 11.9 Å². The van der Waals surface area contributed by atoms with Crippen LogP contribution in [0.5, 0.6) is 0 Å². The van der Waals surface area contributed by atoms with Crippen molar-refractivity contribution >= 4 is 23.3 Å². The van der Waals surface area contributed by atoms with Crippen molar-refractivity contribution in [2.75, 3.05) is 18.5 Å². The van der Waals surface area contributed by atoms with E-state index in [4.69, 9.17) is 17.4 Å². The van der Waals surface area contributed by atoms with Crippen molar-refractivity contribution < 1.29 is 4.79 Å². The molecule has 0 radical (unpaired) electrons. The third kappa shape index (κ3) is 3.12. The van der Waals surface area contributed by atoms with Crippen molar-refractivity contribution in [2.24, 2.45) is 5.84 Å². The fourth-order valence-corrected chi connectivity index (χ4v) is 3.51. The number of hydrogen-bond donors (Lipinski definition) is 3. The van der Waals surface area contributed by atoms with E-state index in [0.717, 1.165) is 19.4 Å². The summed E-state index contributed by atoms with van der Waals surface area (Å²) >= 11 is 6.00. The molecule has 3 rings (SSSR count). The molecule has 1 aromatic heterocycles. The number of hydrogen-bond acceptors (Lipinski definition) is 5. The van der Waals surface area contributed by atoms with Gasteiger partial charge in [0.25, 0.3) is 5.91 Å². The molecule has 0 aromatic carbocycles. The number of carbonyl (C=O) groups is 1. The zero-order valence-corrected chi connectivity index (χ0v) is 12.6. The number of fused-ring (bicyclic) bond motifs is 1. The number of hydrazine groups is 1. The topological polar surface area (TPSA) is 83.3 Å². The van der Waals surface area contributed by atoms with Crippen LogP contribution in [0.1, 0.15) is 36.0 Å². The first-order chi connectivity index (χ1) is 10.2. The Morgan fingerprint density at radius 2 is 2.29 bits per heavy atom. The van der Waals surface area contributed by atoms with Crippen molar-refractivity contribution in [2.45, 2.75) is 37.8 Å². The van der Waals surface area contributed by atoms with Gasteiger partial charge in [-0.2, -0.15) is 0 Å². The standard InChI is InChI=1S/C14H20ClN5O/c15-12-6-9(8-17-13(12)19-16)14(21)18-10-3-5-20-4-1-2-11(20)7-10/h6,8,10-11H,1-5,7,16H2,(H,17,19)(H,18,21). The van der Waals surface area contributed by atoms with Crippen molar-refractivity contribution in [1.29, 1.82) is 0 Å². The zero-order valence-electron chi connectivity index (χ0n) is 11.8. The van der Waals surface area contributed by atoms with Gasteiger partial charge in [0.15, 0.2) is 5.82 Å². The minimum absolute atomic E-state index is 0.121. The van der Waals surface area contributed by atoms with E-state index in [9.17, 15) is 4.79 Å². The van der Waals surface area contributed by atoms with Crippen LogP contribution in [0.25, 0.3) is 0 Å². The number of piperidine rings is 1. The SMILES string of the molecule is NNc1ncc(C(=O)NC2CCN3CCCC3C2)cc1Cl. The maximum atomic E-state index is 12.3. The molecule has 1 aromatic rings. The summed E-state index contributed by atoms with van der Waals surface area (Å²) in [4.78, 5) is 18.8. The second-order valence-corrected chi connectivity index (χ2v) is 6.13. The van der Waals surface area contributed by atoms with Crippen LogP contribution >= 0.6 is 11.6 Å². The Labute approximate surface area is 129 Å². The summed E-state index contributed by atoms with van der Waals surface area (Å²) in [6, 6.07) is 2.46. The van der Waals surface area contributed by atoms with E-state index in [1.165, 1.54) is 25.6 Å². The number of nitrogens with zero attached hydrogens (tertiary/aromatic N) is 2. The molecule has 21 heavy (non-hydrogen) atoms. The number of amides is 1. The van der Waals surface area contributed by atoms with Crippen LogP contribution in [0.4, 0.5) is 5.82 Å². The van der Waals surface area contributed by atoms with Gasteiger partial charge in [-0.25, -0.2) is 10.8 Å². The quantitative estimate of drug-likeness (QED) is 0.580. The molecular weight excluding hydrogens is 290 g/mol. The number of carbonyl (C=O) groups excluding carboxylic acids is 1. The Morgan fingerprint density at radius 3 is 3.05 bits per heavy atom. The maximum absolute atomic E-state index is 12.3. The smallest absolute Gasteiger partial charge is 0.253 e. The van der Waals surface area contributed by atoms with Crippen LogP contribution in [0, 0.1) is 0 Å². The van der Waals surface area contributed by atoms with Gasteiger partial charge in [-0.05, 0) is 38.3 Å². The lowest BCUT2D eigenvalue weighted by atomic mass is 9.97. The van der Waals surface area contributed by atoms with E-state index < -0.39 is 0 Å². The van der Waals surface area contributed by atoms with Crippen molar-refractivity contribution in [3.8, 4) is 0 Å². The Balaban J connectivity index is 1.62. The summed E-state index contributed by atoms with van der Waals surface area (Å²) in [6.07, 6.45) is 6.05. The molecule has 0 aliphatic carbocycles. The summed E-state index contributed by atoms with van der Waals surface area (Å²) in [7, 11) is 0. The van der Waals surface area contributed by atoms with E-state index >= 15 is 0 Å². The highest BCUT2D eigenvalue weighted by molar-refractivity contribution is 6.33. The molecule has 0 saturated carbocycles. The number of anilines is 1. The van der Waals surface area contributed by atoms with Gasteiger partial charge in [-0.1, -0.05) is 11.6 Å². The Kier molecular flexibility index (Phi) is 4.28. The highest BCUT2D eigenvalue weighted by Gasteiger charge is 2.32. The molecular formula is C14H20ClN5O. The van der Waals surface area contributed by atoms with Gasteiger partial charge >= 0.3 is 0 Å². The van der Waals surface area contributed by atoms with Gasteiger partial charge < -0.3 is 15.6 Å². The van der Waals surface area contributed by atoms with Crippen LogP contribution < -0.4 is 16.6 Å². The summed E-state index contributed by atoms with van der Waals surface area (Å²) < 4.78 is 0. The fourth-order valence-electron chi connectivity index (χ4n) is 3.29. The molecule has 1 amide bonds. The summed E-state index contributed by atoms with van der Waals surface area (Å²) in [6.45, 7) is 2.28. The molecule has 2 aliphatic rings. The van der Waals surface area contributed by atoms with Crippen LogP contribution in [0.3, 0.4) is 0 Å². The van der Waals surface area contributed by atoms with Crippen molar-refractivity contribution in [1.82, 2.24) is 15.2 Å². The third-order valence-corrected chi connectivity index (χ3v) is 4.68. The van der Waals surface area contributed by atoms with Gasteiger partial charge in [0, 0.05) is 24.8 Å². The molecule has 114 valence electrons. The van der Waals surface area contributed by atoms with E-state index in [1.807, 2.05) is 0 Å². The molecule has 0 spiro atoms. The van der Waals surface area contributed by atoms with E-state index in [0.29, 0.717) is 22.4 Å². The summed E-state index contributed by atoms with van der Waals surface area (Å²) in [5.74, 6) is 5.52. The van der Waals surface area contributed by atoms with Crippen molar-refractivity contribution in [3.63, 3.8) is 0 Å². The van der Waals surface area contributed by atoms with Crippen LogP contribution in [0.15, 0.2) is 12.3 Å². The average Bonchev–Trinajstić information content (AvgIpc) is 2.94. The number of nitrogens with two attached hydrogens (primary N) is 1. The molecule has 2 aliphatic heterocycles. The number of pyridine rings is 1. The number of rotatable bonds is 3. The monoisotopic (exact) mass is 309 g/mol. The molecule has 2 fully saturated rings. The second-order valence-electron chi connectivity index (χ2n) is 5.73. The number of nitrogens with one attached hydrogen (secondary N) is 2. The van der Waals surface area contributed by atoms with Crippen LogP contribution in [0.2, 0.25) is 5.02 Å². The van der Waals surface area contributed by atoms with E-state index in [1.54, 1.807) is 6.07 Å². The molecule has 0 bridgehead atoms. The lowest BCUT2D eigenvalue weighted by Gasteiger charge is -2.35. The fraction of sp³-hybridized carbons (Fsp3) is 0.571. The number of nitrogen functional groups attached to an aromatic ring is 1. The van der Waals surface area contributed by atoms with Crippen LogP contribution in [-0.4, -0.2) is 41.0 Å². The maximum Gasteiger partial charge on any atom is 0.253 e. The first-order valence-corrected chi connectivity index (χ1v) is 7.72. The van der Waals surface area contributed by atoms with Crippen LogP contribution in [-0.2, 0) is 0 Å². The van der Waals surface area contributed by atoms with Gasteiger partial charge in [0.05, 0.1) is 10.6 Å². The summed E-state index contributed by atoms with van der Waals surface area (Å²) in [5.41, 5.74) is 2.85. The highest BCUT2D eigenvalue weighted by atomic mass is 35.5. The Bertz CT molecular complexity index is 538. The number of aromatic nitrogens is 1. The Hall–Kier alpha value is -1.37. The first kappa shape index (κ1) is 14.6. The molecule has 3 heterocycles. The average molecular weight is 310 g/mol. The second kappa shape index (κ2) is 6.17. The van der Waals surface area contributed by atoms with Gasteiger partial charge in [-0.3, -0.25) is 4.79 Å². The third-order valence-electron chi connectivity index (χ3n) is 4.40. The Morgan fingerprint density at radius 1 is 1.43 bits per heavy atom. The normalized spacial score (nSPS) is 25.4. The van der Waals surface area contributed by atoms with E-state index in [2.05, 4.69) is 20.6 Å². The highest BCUT2D eigenvalue weighted by Crippen LogP contribution is 2.27. The molecule has 2 unspecified atom stereocenters. The lowest BCUT2D eigenvalue weighted by Crippen LogP contribution is -2.47. The van der Waals surface area contributed by atoms with Crippen molar-refractivity contribution in [3.05, 3.63) is 22.8 Å². The predicted molar refractivity (Wildman–Crippen MR) is 82.1 cm³/mol.